The van der Waals surface area contributed by atoms with E-state index in [1.165, 1.54) is 0 Å². The Balaban J connectivity index is 4.15. The lowest BCUT2D eigenvalue weighted by atomic mass is 9.82. The van der Waals surface area contributed by atoms with E-state index < -0.39 is 23.4 Å². The van der Waals surface area contributed by atoms with Gasteiger partial charge in [0.05, 0.1) is 13.2 Å². The quantitative estimate of drug-likeness (QED) is 0.330. The van der Waals surface area contributed by atoms with E-state index in [0.29, 0.717) is 19.5 Å². The molecule has 0 spiro atoms. The summed E-state index contributed by atoms with van der Waals surface area (Å²) in [4.78, 5) is 45.6. The minimum atomic E-state index is -0.690. The van der Waals surface area contributed by atoms with E-state index in [1.54, 1.807) is 0 Å². The van der Waals surface area contributed by atoms with E-state index in [0.717, 1.165) is 6.42 Å². The second-order valence-electron chi connectivity index (χ2n) is 6.99. The van der Waals surface area contributed by atoms with Gasteiger partial charge >= 0.3 is 0 Å². The highest BCUT2D eigenvalue weighted by Gasteiger charge is 2.23. The number of aliphatic hydroxyl groups excluding tert-OH is 2. The first-order chi connectivity index (χ1) is 11.6. The average molecular weight is 358 g/mol. The first kappa shape index (κ1) is 23.2. The number of aliphatic hydroxyl groups is 2. The van der Waals surface area contributed by atoms with Gasteiger partial charge in [0.1, 0.15) is 0 Å². The van der Waals surface area contributed by atoms with Crippen LogP contribution in [0.25, 0.3) is 0 Å². The van der Waals surface area contributed by atoms with E-state index in [4.69, 9.17) is 10.2 Å². The molecule has 8 nitrogen and oxygen atoms in total. The summed E-state index contributed by atoms with van der Waals surface area (Å²) in [7, 11) is 0. The van der Waals surface area contributed by atoms with Crippen molar-refractivity contribution in [2.24, 2.45) is 11.3 Å². The SMILES string of the molecule is CC(CCNC(=O)C(=O)CCO)CC(C)(C)CNC(=O)C(=O)CCO. The number of hydrogen-bond donors (Lipinski definition) is 4. The lowest BCUT2D eigenvalue weighted by molar-refractivity contribution is -0.138. The Morgan fingerprint density at radius 1 is 0.920 bits per heavy atom. The summed E-state index contributed by atoms with van der Waals surface area (Å²) in [6.45, 7) is 5.92. The highest BCUT2D eigenvalue weighted by atomic mass is 16.3. The maximum atomic E-state index is 11.6. The smallest absolute Gasteiger partial charge is 0.287 e. The fraction of sp³-hybridized carbons (Fsp3) is 0.765. The molecule has 1 atom stereocenters. The van der Waals surface area contributed by atoms with Gasteiger partial charge in [-0.3, -0.25) is 19.2 Å². The molecule has 144 valence electrons. The van der Waals surface area contributed by atoms with Crippen molar-refractivity contribution < 1.29 is 29.4 Å². The van der Waals surface area contributed by atoms with Crippen molar-refractivity contribution >= 4 is 23.4 Å². The Kier molecular flexibility index (Phi) is 10.9. The van der Waals surface area contributed by atoms with Gasteiger partial charge in [0.25, 0.3) is 11.8 Å². The van der Waals surface area contributed by atoms with Gasteiger partial charge in [0.2, 0.25) is 11.6 Å². The lowest BCUT2D eigenvalue weighted by Gasteiger charge is -2.28. The van der Waals surface area contributed by atoms with E-state index >= 15 is 0 Å². The third-order valence-corrected chi connectivity index (χ3v) is 3.74. The Morgan fingerprint density at radius 2 is 1.40 bits per heavy atom. The topological polar surface area (TPSA) is 133 Å². The monoisotopic (exact) mass is 358 g/mol. The molecule has 1 unspecified atom stereocenters. The van der Waals surface area contributed by atoms with Crippen LogP contribution in [0.3, 0.4) is 0 Å². The van der Waals surface area contributed by atoms with Crippen LogP contribution in [0.2, 0.25) is 0 Å². The molecule has 4 N–H and O–H groups in total. The number of carbonyl (C=O) groups is 4. The van der Waals surface area contributed by atoms with Gasteiger partial charge in [-0.25, -0.2) is 0 Å². The highest BCUT2D eigenvalue weighted by molar-refractivity contribution is 6.36. The van der Waals surface area contributed by atoms with E-state index in [1.807, 2.05) is 20.8 Å². The molecule has 25 heavy (non-hydrogen) atoms. The first-order valence-corrected chi connectivity index (χ1v) is 8.46. The molecule has 0 saturated carbocycles. The van der Waals surface area contributed by atoms with Crippen LogP contribution in [0.1, 0.15) is 46.5 Å². The van der Waals surface area contributed by atoms with Crippen molar-refractivity contribution in [3.63, 3.8) is 0 Å². The Bertz CT molecular complexity index is 476. The molecule has 0 bridgehead atoms. The lowest BCUT2D eigenvalue weighted by Crippen LogP contribution is -2.39. The second-order valence-corrected chi connectivity index (χ2v) is 6.99. The van der Waals surface area contributed by atoms with Gasteiger partial charge in [-0.15, -0.1) is 0 Å². The zero-order chi connectivity index (χ0) is 19.5. The zero-order valence-corrected chi connectivity index (χ0v) is 15.3. The Hall–Kier alpha value is -1.80. The number of amides is 2. The van der Waals surface area contributed by atoms with Crippen LogP contribution >= 0.6 is 0 Å². The molecule has 0 aromatic heterocycles. The summed E-state index contributed by atoms with van der Waals surface area (Å²) in [6, 6.07) is 0. The number of rotatable bonds is 13. The number of carbonyl (C=O) groups excluding carboxylic acids is 4. The molecule has 0 aliphatic rings. The summed E-state index contributed by atoms with van der Waals surface area (Å²) in [5.41, 5.74) is -0.245. The standard InChI is InChI=1S/C17H30N2O6/c1-12(4-7-18-15(24)13(22)5-8-20)10-17(2,3)11-19-16(25)14(23)6-9-21/h12,20-21H,4-11H2,1-3H3,(H,18,24)(H,19,25). The molecule has 8 heteroatoms. The highest BCUT2D eigenvalue weighted by Crippen LogP contribution is 2.26. The van der Waals surface area contributed by atoms with E-state index in [2.05, 4.69) is 10.6 Å². The van der Waals surface area contributed by atoms with Crippen molar-refractivity contribution in [3.8, 4) is 0 Å². The number of nitrogens with one attached hydrogen (secondary N) is 2. The average Bonchev–Trinajstić information content (AvgIpc) is 2.52. The molecular weight excluding hydrogens is 328 g/mol. The van der Waals surface area contributed by atoms with Gasteiger partial charge in [0, 0.05) is 25.9 Å². The molecule has 0 aromatic rings. The molecule has 0 saturated heterocycles. The summed E-state index contributed by atoms with van der Waals surface area (Å²) in [6.07, 6.45) is 1.06. The molecule has 2 amide bonds. The Morgan fingerprint density at radius 3 is 1.88 bits per heavy atom. The van der Waals surface area contributed by atoms with Crippen LogP contribution in [0.5, 0.6) is 0 Å². The predicted molar refractivity (Wildman–Crippen MR) is 91.6 cm³/mol. The summed E-state index contributed by atoms with van der Waals surface area (Å²) in [5.74, 6) is -2.42. The van der Waals surface area contributed by atoms with Crippen molar-refractivity contribution in [1.29, 1.82) is 0 Å². The van der Waals surface area contributed by atoms with Crippen molar-refractivity contribution in [1.82, 2.24) is 10.6 Å². The van der Waals surface area contributed by atoms with Crippen molar-refractivity contribution in [2.75, 3.05) is 26.3 Å². The van der Waals surface area contributed by atoms with Crippen LogP contribution < -0.4 is 10.6 Å². The van der Waals surface area contributed by atoms with Crippen molar-refractivity contribution in [2.45, 2.75) is 46.5 Å². The van der Waals surface area contributed by atoms with Crippen molar-refractivity contribution in [3.05, 3.63) is 0 Å². The predicted octanol–water partition coefficient (Wildman–Crippen LogP) is -0.436. The molecule has 0 aliphatic heterocycles. The van der Waals surface area contributed by atoms with Gasteiger partial charge in [-0.05, 0) is 24.2 Å². The molecule has 0 aliphatic carbocycles. The number of Topliss-reactive ketones (excluding diaryl/α,β-unsaturated/α-hetero) is 2. The summed E-state index contributed by atoms with van der Waals surface area (Å²) in [5, 5.41) is 22.4. The largest absolute Gasteiger partial charge is 0.396 e. The third kappa shape index (κ3) is 10.6. The summed E-state index contributed by atoms with van der Waals surface area (Å²) >= 11 is 0. The van der Waals surface area contributed by atoms with Crippen LogP contribution in [-0.4, -0.2) is 59.9 Å². The number of hydrogen-bond acceptors (Lipinski definition) is 6. The molecule has 0 fully saturated rings. The van der Waals surface area contributed by atoms with Gasteiger partial charge in [0.15, 0.2) is 0 Å². The maximum Gasteiger partial charge on any atom is 0.287 e. The van der Waals surface area contributed by atoms with E-state index in [9.17, 15) is 19.2 Å². The van der Waals surface area contributed by atoms with Crippen LogP contribution in [0, 0.1) is 11.3 Å². The number of ketones is 2. The van der Waals surface area contributed by atoms with E-state index in [-0.39, 0.29) is 37.4 Å². The maximum absolute atomic E-state index is 11.6. The summed E-state index contributed by atoms with van der Waals surface area (Å²) < 4.78 is 0. The zero-order valence-electron chi connectivity index (χ0n) is 15.3. The fourth-order valence-corrected chi connectivity index (χ4v) is 2.50. The first-order valence-electron chi connectivity index (χ1n) is 8.46. The molecule has 0 radical (unpaired) electrons. The normalized spacial score (nSPS) is 12.4. The minimum absolute atomic E-state index is 0.177. The third-order valence-electron chi connectivity index (χ3n) is 3.74. The molecule has 0 heterocycles. The van der Waals surface area contributed by atoms with Gasteiger partial charge < -0.3 is 20.8 Å². The van der Waals surface area contributed by atoms with Crippen LogP contribution in [0.15, 0.2) is 0 Å². The Labute approximate surface area is 148 Å². The minimum Gasteiger partial charge on any atom is -0.396 e. The second kappa shape index (κ2) is 11.7. The molecular formula is C17H30N2O6. The van der Waals surface area contributed by atoms with Gasteiger partial charge in [-0.1, -0.05) is 20.8 Å². The molecule has 0 aromatic carbocycles. The fourth-order valence-electron chi connectivity index (χ4n) is 2.50. The molecule has 0 rings (SSSR count). The van der Waals surface area contributed by atoms with Crippen LogP contribution in [-0.2, 0) is 19.2 Å². The van der Waals surface area contributed by atoms with Gasteiger partial charge in [-0.2, -0.15) is 0 Å². The van der Waals surface area contributed by atoms with Crippen LogP contribution in [0.4, 0.5) is 0 Å².